The van der Waals surface area contributed by atoms with Crippen LogP contribution in [0.4, 0.5) is 0 Å². The Morgan fingerprint density at radius 3 is 2.20 bits per heavy atom. The molecule has 0 fully saturated rings. The summed E-state index contributed by atoms with van der Waals surface area (Å²) in [5.74, 6) is 1.27. The lowest BCUT2D eigenvalue weighted by molar-refractivity contribution is 0.332. The van der Waals surface area contributed by atoms with Crippen molar-refractivity contribution in [1.29, 1.82) is 0 Å². The van der Waals surface area contributed by atoms with E-state index >= 15 is 0 Å². The zero-order valence-electron chi connectivity index (χ0n) is 10.3. The third-order valence-corrected chi connectivity index (χ3v) is 4.29. The van der Waals surface area contributed by atoms with Crippen LogP contribution in [0.1, 0.15) is 37.4 Å². The fourth-order valence-corrected chi connectivity index (χ4v) is 3.01. The van der Waals surface area contributed by atoms with Gasteiger partial charge in [-0.15, -0.1) is 11.3 Å². The summed E-state index contributed by atoms with van der Waals surface area (Å²) < 4.78 is 0. The number of hydrogen-bond acceptors (Lipinski definition) is 2. The highest BCUT2D eigenvalue weighted by atomic mass is 32.1. The topological polar surface area (TPSA) is 26.0 Å². The minimum Gasteiger partial charge on any atom is -0.328 e. The first-order valence-electron chi connectivity index (χ1n) is 5.87. The molecule has 0 aliphatic carbocycles. The lowest BCUT2D eigenvalue weighted by atomic mass is 9.86. The van der Waals surface area contributed by atoms with Gasteiger partial charge in [0.05, 0.1) is 0 Å². The summed E-state index contributed by atoms with van der Waals surface area (Å²) in [6, 6.07) is 4.80. The zero-order valence-corrected chi connectivity index (χ0v) is 11.1. The van der Waals surface area contributed by atoms with Gasteiger partial charge in [-0.2, -0.15) is 0 Å². The molecule has 0 aromatic carbocycles. The second kappa shape index (κ2) is 5.66. The molecule has 0 amide bonds. The Balaban J connectivity index is 2.65. The van der Waals surface area contributed by atoms with Gasteiger partial charge in [0.2, 0.25) is 0 Å². The lowest BCUT2D eigenvalue weighted by Gasteiger charge is -2.23. The summed E-state index contributed by atoms with van der Waals surface area (Å²) in [5, 5.41) is 0. The van der Waals surface area contributed by atoms with Crippen LogP contribution in [-0.4, -0.2) is 6.04 Å². The highest BCUT2D eigenvalue weighted by Crippen LogP contribution is 2.25. The molecule has 2 unspecified atom stereocenters. The first kappa shape index (κ1) is 12.7. The highest BCUT2D eigenvalue weighted by molar-refractivity contribution is 7.11. The van der Waals surface area contributed by atoms with E-state index in [2.05, 4.69) is 39.8 Å². The largest absolute Gasteiger partial charge is 0.328 e. The number of thiophene rings is 1. The minimum atomic E-state index is 0.289. The fraction of sp³-hybridized carbons (Fsp3) is 0.692. The molecule has 0 bridgehead atoms. The van der Waals surface area contributed by atoms with Crippen LogP contribution in [0, 0.1) is 11.8 Å². The highest BCUT2D eigenvalue weighted by Gasteiger charge is 2.18. The van der Waals surface area contributed by atoms with Crippen molar-refractivity contribution in [2.24, 2.45) is 17.6 Å². The predicted molar refractivity (Wildman–Crippen MR) is 69.4 cm³/mol. The van der Waals surface area contributed by atoms with Gasteiger partial charge in [-0.1, -0.05) is 20.8 Å². The molecule has 0 radical (unpaired) electrons. The van der Waals surface area contributed by atoms with Crippen LogP contribution in [0.5, 0.6) is 0 Å². The maximum absolute atomic E-state index is 6.03. The van der Waals surface area contributed by atoms with Crippen molar-refractivity contribution in [3.05, 3.63) is 21.9 Å². The van der Waals surface area contributed by atoms with E-state index < -0.39 is 0 Å². The number of rotatable bonds is 5. The molecule has 1 heterocycles. The van der Waals surface area contributed by atoms with Crippen LogP contribution in [0.2, 0.25) is 0 Å². The van der Waals surface area contributed by atoms with E-state index in [4.69, 9.17) is 5.73 Å². The zero-order chi connectivity index (χ0) is 11.4. The average Bonchev–Trinajstić information content (AvgIpc) is 2.60. The van der Waals surface area contributed by atoms with E-state index in [-0.39, 0.29) is 6.04 Å². The minimum absolute atomic E-state index is 0.289. The molecule has 0 saturated heterocycles. The predicted octanol–water partition coefficient (Wildman–Crippen LogP) is 3.47. The molecule has 0 aliphatic rings. The van der Waals surface area contributed by atoms with Gasteiger partial charge in [0.25, 0.3) is 0 Å². The number of hydrogen-bond donors (Lipinski definition) is 1. The molecule has 2 N–H and O–H groups in total. The Labute approximate surface area is 97.7 Å². The Hall–Kier alpha value is -0.340. The van der Waals surface area contributed by atoms with Crippen LogP contribution in [0.25, 0.3) is 0 Å². The van der Waals surface area contributed by atoms with Gasteiger partial charge in [-0.05, 0) is 43.7 Å². The first-order chi connectivity index (χ1) is 7.04. The molecule has 2 atom stereocenters. The van der Waals surface area contributed by atoms with Crippen LogP contribution < -0.4 is 5.73 Å². The van der Waals surface area contributed by atoms with E-state index in [1.54, 1.807) is 0 Å². The third-order valence-electron chi connectivity index (χ3n) is 3.03. The van der Waals surface area contributed by atoms with Gasteiger partial charge in [-0.3, -0.25) is 0 Å². The van der Waals surface area contributed by atoms with E-state index in [9.17, 15) is 0 Å². The van der Waals surface area contributed by atoms with Crippen molar-refractivity contribution in [3.63, 3.8) is 0 Å². The standard InChI is InChI=1S/C13H23NS/c1-5-11-6-7-12(15-11)8-13(9(2)3)10(4)14/h6-7,9-10,13H,5,8,14H2,1-4H3. The summed E-state index contributed by atoms with van der Waals surface area (Å²) in [4.78, 5) is 2.97. The molecule has 2 heteroatoms. The average molecular weight is 225 g/mol. The molecule has 1 aromatic rings. The molecule has 15 heavy (non-hydrogen) atoms. The third kappa shape index (κ3) is 3.62. The molecular weight excluding hydrogens is 202 g/mol. The maximum Gasteiger partial charge on any atom is 0.00516 e. The molecule has 0 spiro atoms. The SMILES string of the molecule is CCc1ccc(CC(C(C)C)C(C)N)s1. The smallest absolute Gasteiger partial charge is 0.00516 e. The molecule has 0 aliphatic heterocycles. The van der Waals surface area contributed by atoms with Gasteiger partial charge < -0.3 is 5.73 Å². The summed E-state index contributed by atoms with van der Waals surface area (Å²) >= 11 is 1.94. The molecule has 1 nitrogen and oxygen atoms in total. The van der Waals surface area contributed by atoms with Gasteiger partial charge in [0, 0.05) is 15.8 Å². The van der Waals surface area contributed by atoms with Crippen LogP contribution in [0.15, 0.2) is 12.1 Å². The summed E-state index contributed by atoms with van der Waals surface area (Å²) in [7, 11) is 0. The first-order valence-corrected chi connectivity index (χ1v) is 6.69. The Kier molecular flexibility index (Phi) is 4.81. The lowest BCUT2D eigenvalue weighted by Crippen LogP contribution is -2.31. The Morgan fingerprint density at radius 1 is 1.20 bits per heavy atom. The van der Waals surface area contributed by atoms with Crippen molar-refractivity contribution in [2.45, 2.75) is 46.6 Å². The monoisotopic (exact) mass is 225 g/mol. The van der Waals surface area contributed by atoms with Gasteiger partial charge >= 0.3 is 0 Å². The molecule has 1 rings (SSSR count). The Bertz CT molecular complexity index is 280. The molecule has 1 aromatic heterocycles. The van der Waals surface area contributed by atoms with Crippen LogP contribution in [0.3, 0.4) is 0 Å². The van der Waals surface area contributed by atoms with Crippen LogP contribution >= 0.6 is 11.3 Å². The molecular formula is C13H23NS. The van der Waals surface area contributed by atoms with Gasteiger partial charge in [-0.25, -0.2) is 0 Å². The molecule has 86 valence electrons. The Morgan fingerprint density at radius 2 is 1.80 bits per heavy atom. The summed E-state index contributed by atoms with van der Waals surface area (Å²) in [6.45, 7) is 8.87. The van der Waals surface area contributed by atoms with Gasteiger partial charge in [0.1, 0.15) is 0 Å². The molecule has 0 saturated carbocycles. The maximum atomic E-state index is 6.03. The summed E-state index contributed by atoms with van der Waals surface area (Å²) in [5.41, 5.74) is 6.03. The fourth-order valence-electron chi connectivity index (χ4n) is 1.98. The van der Waals surface area contributed by atoms with Crippen molar-refractivity contribution >= 4 is 11.3 Å². The van der Waals surface area contributed by atoms with Crippen molar-refractivity contribution in [2.75, 3.05) is 0 Å². The normalized spacial score (nSPS) is 15.6. The van der Waals surface area contributed by atoms with Gasteiger partial charge in [0.15, 0.2) is 0 Å². The van der Waals surface area contributed by atoms with E-state index in [0.29, 0.717) is 11.8 Å². The van der Waals surface area contributed by atoms with E-state index in [1.165, 1.54) is 9.75 Å². The quantitative estimate of drug-likeness (QED) is 0.816. The second-order valence-electron chi connectivity index (χ2n) is 4.69. The number of nitrogens with two attached hydrogens (primary N) is 1. The van der Waals surface area contributed by atoms with Crippen molar-refractivity contribution < 1.29 is 0 Å². The van der Waals surface area contributed by atoms with Crippen molar-refractivity contribution in [3.8, 4) is 0 Å². The van der Waals surface area contributed by atoms with Crippen molar-refractivity contribution in [1.82, 2.24) is 0 Å². The second-order valence-corrected chi connectivity index (χ2v) is 5.95. The van der Waals surface area contributed by atoms with Crippen LogP contribution in [-0.2, 0) is 12.8 Å². The number of aryl methyl sites for hydroxylation is 1. The van der Waals surface area contributed by atoms with E-state index in [1.807, 2.05) is 11.3 Å². The van der Waals surface area contributed by atoms with E-state index in [0.717, 1.165) is 12.8 Å². The summed E-state index contributed by atoms with van der Waals surface area (Å²) in [6.07, 6.45) is 2.29.